The summed E-state index contributed by atoms with van der Waals surface area (Å²) in [5.41, 5.74) is 1.79. The number of aliphatic carboxylic acids is 1. The van der Waals surface area contributed by atoms with Crippen LogP contribution in [0.3, 0.4) is 0 Å². The summed E-state index contributed by atoms with van der Waals surface area (Å²) in [6.07, 6.45) is 6.04. The second-order valence-electron chi connectivity index (χ2n) is 9.89. The molecule has 12 heteroatoms. The molecule has 0 spiro atoms. The Kier molecular flexibility index (Phi) is 8.27. The first-order valence-electron chi connectivity index (χ1n) is 13.3. The summed E-state index contributed by atoms with van der Waals surface area (Å²) in [6.45, 7) is 3.46. The minimum Gasteiger partial charge on any atom is -0.480 e. The smallest absolute Gasteiger partial charge is 0.326 e. The van der Waals surface area contributed by atoms with E-state index in [1.807, 2.05) is 24.3 Å². The fourth-order valence-electron chi connectivity index (χ4n) is 5.21. The van der Waals surface area contributed by atoms with E-state index in [4.69, 9.17) is 0 Å². The molecule has 2 N–H and O–H groups in total. The molecule has 1 aromatic heterocycles. The second-order valence-corrected chi connectivity index (χ2v) is 11.8. The van der Waals surface area contributed by atoms with Gasteiger partial charge in [0.05, 0.1) is 11.1 Å². The Labute approximate surface area is 233 Å². The third kappa shape index (κ3) is 6.07. The van der Waals surface area contributed by atoms with Crippen LogP contribution in [0, 0.1) is 0 Å². The van der Waals surface area contributed by atoms with Crippen LogP contribution < -0.4 is 15.1 Å². The number of hydrogen-bond acceptors (Lipinski definition) is 8. The molecule has 2 aliphatic rings. The van der Waals surface area contributed by atoms with E-state index in [1.54, 1.807) is 36.8 Å². The Hall–Kier alpha value is -4.03. The summed E-state index contributed by atoms with van der Waals surface area (Å²) < 4.78 is 27.4. The minimum absolute atomic E-state index is 0.0833. The van der Waals surface area contributed by atoms with Gasteiger partial charge in [0.2, 0.25) is 15.9 Å². The zero-order valence-electron chi connectivity index (χ0n) is 22.0. The van der Waals surface area contributed by atoms with Crippen molar-refractivity contribution in [3.63, 3.8) is 0 Å². The van der Waals surface area contributed by atoms with E-state index in [0.29, 0.717) is 12.8 Å². The van der Waals surface area contributed by atoms with Gasteiger partial charge in [0.15, 0.2) is 0 Å². The topological polar surface area (TPSA) is 136 Å². The molecule has 5 rings (SSSR count). The van der Waals surface area contributed by atoms with Crippen molar-refractivity contribution in [1.82, 2.24) is 19.6 Å². The van der Waals surface area contributed by atoms with Crippen molar-refractivity contribution in [3.05, 3.63) is 78.8 Å². The van der Waals surface area contributed by atoms with E-state index in [0.717, 1.165) is 43.2 Å². The lowest BCUT2D eigenvalue weighted by Crippen LogP contribution is -2.51. The van der Waals surface area contributed by atoms with Crippen LogP contribution in [0.5, 0.6) is 0 Å². The van der Waals surface area contributed by atoms with E-state index in [2.05, 4.69) is 25.1 Å². The molecule has 2 fully saturated rings. The van der Waals surface area contributed by atoms with Crippen molar-refractivity contribution in [1.29, 1.82) is 0 Å². The van der Waals surface area contributed by atoms with Gasteiger partial charge in [-0.2, -0.15) is 4.31 Å². The molecule has 0 bridgehead atoms. The van der Waals surface area contributed by atoms with Crippen LogP contribution in [-0.2, 0) is 26.0 Å². The monoisotopic (exact) mass is 564 g/mol. The Morgan fingerprint density at radius 2 is 1.65 bits per heavy atom. The maximum absolute atomic E-state index is 13.1. The van der Waals surface area contributed by atoms with Gasteiger partial charge in [0, 0.05) is 57.2 Å². The molecule has 3 heterocycles. The van der Waals surface area contributed by atoms with Crippen molar-refractivity contribution in [3.8, 4) is 0 Å². The van der Waals surface area contributed by atoms with Gasteiger partial charge in [-0.05, 0) is 42.7 Å². The van der Waals surface area contributed by atoms with Crippen LogP contribution in [0.2, 0.25) is 0 Å². The molecule has 1 amide bonds. The van der Waals surface area contributed by atoms with Gasteiger partial charge in [0.25, 0.3) is 0 Å². The van der Waals surface area contributed by atoms with E-state index >= 15 is 0 Å². The SMILES string of the molecule is O=C(O)[C@H](Cc1ccc(N2CCN(c3cnccn3)CC2)cc1)NC(=O)[C@@H]1CCCN1S(=O)(=O)c1ccccc1. The van der Waals surface area contributed by atoms with E-state index < -0.39 is 34.0 Å². The molecule has 2 aromatic carbocycles. The normalized spacial score (nSPS) is 18.9. The van der Waals surface area contributed by atoms with Gasteiger partial charge in [0.1, 0.15) is 17.9 Å². The molecular formula is C28H32N6O5S. The molecule has 3 aromatic rings. The number of carboxylic acid groups (broad SMARTS) is 1. The number of hydrogen-bond donors (Lipinski definition) is 2. The van der Waals surface area contributed by atoms with Crippen molar-refractivity contribution in [2.45, 2.75) is 36.2 Å². The van der Waals surface area contributed by atoms with E-state index in [-0.39, 0.29) is 17.9 Å². The minimum atomic E-state index is -3.87. The lowest BCUT2D eigenvalue weighted by Gasteiger charge is -2.36. The quantitative estimate of drug-likeness (QED) is 0.399. The molecule has 0 saturated carbocycles. The number of amides is 1. The molecule has 11 nitrogen and oxygen atoms in total. The van der Waals surface area contributed by atoms with Crippen LogP contribution in [-0.4, -0.2) is 84.5 Å². The van der Waals surface area contributed by atoms with Crippen molar-refractivity contribution in [2.75, 3.05) is 42.5 Å². The standard InChI is InChI=1S/C28H32N6O5S/c35-27(25-7-4-14-34(25)40(38,39)23-5-2-1-3-6-23)31-24(28(36)37)19-21-8-10-22(11-9-21)32-15-17-33(18-16-32)26-20-29-12-13-30-26/h1-3,5-6,8-13,20,24-25H,4,7,14-19H2,(H,31,35)(H,36,37)/t24-,25-/m0/s1. The number of carbonyl (C=O) groups is 2. The van der Waals surface area contributed by atoms with Crippen LogP contribution in [0.4, 0.5) is 11.5 Å². The van der Waals surface area contributed by atoms with Crippen molar-refractivity contribution < 1.29 is 23.1 Å². The number of nitrogens with one attached hydrogen (secondary N) is 1. The van der Waals surface area contributed by atoms with Gasteiger partial charge in [-0.1, -0.05) is 30.3 Å². The summed E-state index contributed by atoms with van der Waals surface area (Å²) in [7, 11) is -3.87. The molecule has 2 saturated heterocycles. The molecule has 0 aliphatic carbocycles. The fraction of sp³-hybridized carbons (Fsp3) is 0.357. The first-order valence-corrected chi connectivity index (χ1v) is 14.7. The Morgan fingerprint density at radius 1 is 0.950 bits per heavy atom. The van der Waals surface area contributed by atoms with Crippen LogP contribution in [0.1, 0.15) is 18.4 Å². The number of rotatable bonds is 9. The number of aromatic nitrogens is 2. The molecule has 2 atom stereocenters. The number of carboxylic acids is 1. The lowest BCUT2D eigenvalue weighted by atomic mass is 10.0. The second kappa shape index (κ2) is 12.0. The van der Waals surface area contributed by atoms with E-state index in [1.165, 1.54) is 16.4 Å². The maximum atomic E-state index is 13.1. The fourth-order valence-corrected chi connectivity index (χ4v) is 6.89. The van der Waals surface area contributed by atoms with Gasteiger partial charge in [-0.25, -0.2) is 18.2 Å². The Balaban J connectivity index is 1.19. The number of carbonyl (C=O) groups excluding carboxylic acids is 1. The number of benzene rings is 2. The van der Waals surface area contributed by atoms with Crippen LogP contribution in [0.25, 0.3) is 0 Å². The Bertz CT molecular complexity index is 1410. The number of piperazine rings is 1. The first-order chi connectivity index (χ1) is 19.3. The average Bonchev–Trinajstić information content (AvgIpc) is 3.50. The number of sulfonamides is 1. The third-order valence-electron chi connectivity index (χ3n) is 7.37. The molecule has 0 unspecified atom stereocenters. The van der Waals surface area contributed by atoms with Crippen molar-refractivity contribution in [2.24, 2.45) is 0 Å². The van der Waals surface area contributed by atoms with Gasteiger partial charge < -0.3 is 20.2 Å². The van der Waals surface area contributed by atoms with Gasteiger partial charge in [-0.15, -0.1) is 0 Å². The highest BCUT2D eigenvalue weighted by Crippen LogP contribution is 2.26. The van der Waals surface area contributed by atoms with Gasteiger partial charge >= 0.3 is 5.97 Å². The largest absolute Gasteiger partial charge is 0.480 e. The van der Waals surface area contributed by atoms with E-state index in [9.17, 15) is 23.1 Å². The lowest BCUT2D eigenvalue weighted by molar-refractivity contribution is -0.142. The highest BCUT2D eigenvalue weighted by Gasteiger charge is 2.40. The van der Waals surface area contributed by atoms with Crippen LogP contribution >= 0.6 is 0 Å². The number of nitrogens with zero attached hydrogens (tertiary/aromatic N) is 5. The summed E-state index contributed by atoms with van der Waals surface area (Å²) in [6, 6.07) is 13.5. The highest BCUT2D eigenvalue weighted by atomic mass is 32.2. The molecular weight excluding hydrogens is 532 g/mol. The first kappa shape index (κ1) is 27.5. The maximum Gasteiger partial charge on any atom is 0.326 e. The summed E-state index contributed by atoms with van der Waals surface area (Å²) in [4.78, 5) is 38.2. The van der Waals surface area contributed by atoms with Crippen LogP contribution in [0.15, 0.2) is 78.1 Å². The highest BCUT2D eigenvalue weighted by molar-refractivity contribution is 7.89. The molecule has 40 heavy (non-hydrogen) atoms. The molecule has 0 radical (unpaired) electrons. The Morgan fingerprint density at radius 3 is 2.30 bits per heavy atom. The zero-order valence-corrected chi connectivity index (χ0v) is 22.8. The van der Waals surface area contributed by atoms with Crippen molar-refractivity contribution >= 4 is 33.4 Å². The predicted octanol–water partition coefficient (Wildman–Crippen LogP) is 1.77. The molecule has 210 valence electrons. The van der Waals surface area contributed by atoms with Gasteiger partial charge in [-0.3, -0.25) is 9.78 Å². The predicted molar refractivity (Wildman–Crippen MR) is 150 cm³/mol. The summed E-state index contributed by atoms with van der Waals surface area (Å²) in [5, 5.41) is 12.4. The third-order valence-corrected chi connectivity index (χ3v) is 9.29. The molecule has 2 aliphatic heterocycles. The summed E-state index contributed by atoms with van der Waals surface area (Å²) >= 11 is 0. The summed E-state index contributed by atoms with van der Waals surface area (Å²) in [5.74, 6) is -0.910. The number of anilines is 2. The average molecular weight is 565 g/mol. The zero-order chi connectivity index (χ0) is 28.1.